The number of thiazole rings is 1. The lowest BCUT2D eigenvalue weighted by Crippen LogP contribution is -2.36. The number of amides is 1. The molecule has 1 aromatic heterocycles. The number of fused-ring (bicyclic) bond motifs is 1. The second-order valence-corrected chi connectivity index (χ2v) is 9.51. The van der Waals surface area contributed by atoms with Crippen molar-refractivity contribution in [1.82, 2.24) is 4.98 Å². The van der Waals surface area contributed by atoms with Gasteiger partial charge in [-0.3, -0.25) is 19.8 Å². The standard InChI is InChI=1S/C27H26N4O5S/c1-2-36-21-9-10-22-25(17-21)37-27(28-22)30(18-19-6-4-3-5-7-19)26(32)20-8-11-23(24(16-20)31(33)34)29-12-14-35-15-13-29/h3-11,16-17H,2,12-15,18H2,1H3. The quantitative estimate of drug-likeness (QED) is 0.231. The van der Waals surface area contributed by atoms with Crippen molar-refractivity contribution in [2.45, 2.75) is 13.5 Å². The lowest BCUT2D eigenvalue weighted by molar-refractivity contribution is -0.384. The smallest absolute Gasteiger partial charge is 0.293 e. The van der Waals surface area contributed by atoms with Crippen molar-refractivity contribution in [2.24, 2.45) is 0 Å². The van der Waals surface area contributed by atoms with Crippen LogP contribution in [0.5, 0.6) is 5.75 Å². The summed E-state index contributed by atoms with van der Waals surface area (Å²) in [6, 6.07) is 19.9. The Labute approximate surface area is 218 Å². The van der Waals surface area contributed by atoms with E-state index < -0.39 is 4.92 Å². The molecule has 190 valence electrons. The van der Waals surface area contributed by atoms with Crippen LogP contribution < -0.4 is 14.5 Å². The van der Waals surface area contributed by atoms with Crippen LogP contribution in [0.25, 0.3) is 10.2 Å². The van der Waals surface area contributed by atoms with Crippen molar-refractivity contribution >= 4 is 44.0 Å². The summed E-state index contributed by atoms with van der Waals surface area (Å²) in [7, 11) is 0. The van der Waals surface area contributed by atoms with Gasteiger partial charge in [-0.15, -0.1) is 0 Å². The molecule has 0 N–H and O–H groups in total. The monoisotopic (exact) mass is 518 g/mol. The van der Waals surface area contributed by atoms with E-state index >= 15 is 0 Å². The van der Waals surface area contributed by atoms with Crippen molar-refractivity contribution in [3.05, 3.63) is 88.0 Å². The number of nitro benzene ring substituents is 1. The maximum absolute atomic E-state index is 13.9. The molecule has 0 radical (unpaired) electrons. The van der Waals surface area contributed by atoms with E-state index in [1.165, 1.54) is 17.4 Å². The zero-order valence-corrected chi connectivity index (χ0v) is 21.1. The highest BCUT2D eigenvalue weighted by molar-refractivity contribution is 7.22. The predicted molar refractivity (Wildman–Crippen MR) is 144 cm³/mol. The molecule has 1 aliphatic heterocycles. The number of nitro groups is 1. The first-order valence-corrected chi connectivity index (χ1v) is 12.9. The van der Waals surface area contributed by atoms with Crippen LogP contribution in [-0.4, -0.2) is 48.7 Å². The van der Waals surface area contributed by atoms with Crippen LogP contribution in [0.1, 0.15) is 22.8 Å². The molecule has 1 saturated heterocycles. The molecule has 1 fully saturated rings. The van der Waals surface area contributed by atoms with Gasteiger partial charge in [0.2, 0.25) is 0 Å². The fourth-order valence-electron chi connectivity index (χ4n) is 4.29. The number of hydrogen-bond donors (Lipinski definition) is 0. The van der Waals surface area contributed by atoms with Gasteiger partial charge in [-0.2, -0.15) is 0 Å². The first-order chi connectivity index (χ1) is 18.0. The van der Waals surface area contributed by atoms with Crippen molar-refractivity contribution < 1.29 is 19.2 Å². The molecule has 0 spiro atoms. The average Bonchev–Trinajstić information content (AvgIpc) is 3.35. The summed E-state index contributed by atoms with van der Waals surface area (Å²) in [5.41, 5.74) is 2.29. The van der Waals surface area contributed by atoms with Crippen LogP contribution in [0.4, 0.5) is 16.5 Å². The number of carbonyl (C=O) groups excluding carboxylic acids is 1. The van der Waals surface area contributed by atoms with Crippen LogP contribution in [0.15, 0.2) is 66.7 Å². The molecule has 0 atom stereocenters. The molecule has 37 heavy (non-hydrogen) atoms. The Hall–Kier alpha value is -4.02. The zero-order valence-electron chi connectivity index (χ0n) is 20.3. The molecule has 9 nitrogen and oxygen atoms in total. The van der Waals surface area contributed by atoms with E-state index in [9.17, 15) is 14.9 Å². The third-order valence-electron chi connectivity index (χ3n) is 6.09. The van der Waals surface area contributed by atoms with E-state index in [0.717, 1.165) is 21.5 Å². The van der Waals surface area contributed by atoms with Crippen LogP contribution in [0.3, 0.4) is 0 Å². The summed E-state index contributed by atoms with van der Waals surface area (Å²) in [6.07, 6.45) is 0. The largest absolute Gasteiger partial charge is 0.494 e. The number of hydrogen-bond acceptors (Lipinski definition) is 8. The van der Waals surface area contributed by atoms with Gasteiger partial charge in [0.05, 0.1) is 41.5 Å². The van der Waals surface area contributed by atoms with Gasteiger partial charge in [0.25, 0.3) is 11.6 Å². The van der Waals surface area contributed by atoms with E-state index in [1.807, 2.05) is 60.4 Å². The third kappa shape index (κ3) is 5.40. The molecular formula is C27H26N4O5S. The summed E-state index contributed by atoms with van der Waals surface area (Å²) < 4.78 is 11.9. The Morgan fingerprint density at radius 1 is 1.14 bits per heavy atom. The van der Waals surface area contributed by atoms with Gasteiger partial charge in [-0.1, -0.05) is 41.7 Å². The van der Waals surface area contributed by atoms with Gasteiger partial charge in [0.1, 0.15) is 11.4 Å². The second-order valence-electron chi connectivity index (χ2n) is 8.50. The van der Waals surface area contributed by atoms with Gasteiger partial charge >= 0.3 is 0 Å². The minimum atomic E-state index is -0.434. The number of ether oxygens (including phenoxy) is 2. The zero-order chi connectivity index (χ0) is 25.8. The molecule has 4 aromatic rings. The second kappa shape index (κ2) is 10.9. The van der Waals surface area contributed by atoms with Gasteiger partial charge in [-0.25, -0.2) is 4.98 Å². The van der Waals surface area contributed by atoms with E-state index in [2.05, 4.69) is 0 Å². The van der Waals surface area contributed by atoms with Gasteiger partial charge in [-0.05, 0) is 42.8 Å². The Balaban J connectivity index is 1.53. The maximum atomic E-state index is 13.9. The van der Waals surface area contributed by atoms with E-state index in [4.69, 9.17) is 14.5 Å². The molecule has 3 aromatic carbocycles. The molecule has 2 heterocycles. The number of carbonyl (C=O) groups is 1. The number of aromatic nitrogens is 1. The van der Waals surface area contributed by atoms with Crippen LogP contribution in [-0.2, 0) is 11.3 Å². The van der Waals surface area contributed by atoms with E-state index in [1.54, 1.807) is 17.0 Å². The molecule has 1 aliphatic rings. The lowest BCUT2D eigenvalue weighted by Gasteiger charge is -2.28. The summed E-state index contributed by atoms with van der Waals surface area (Å²) in [4.78, 5) is 33.6. The Kier molecular flexibility index (Phi) is 7.29. The molecule has 5 rings (SSSR count). The highest BCUT2D eigenvalue weighted by Crippen LogP contribution is 2.35. The molecule has 10 heteroatoms. The molecule has 0 bridgehead atoms. The Morgan fingerprint density at radius 3 is 2.65 bits per heavy atom. The van der Waals surface area contributed by atoms with Gasteiger partial charge in [0, 0.05) is 24.7 Å². The average molecular weight is 519 g/mol. The lowest BCUT2D eigenvalue weighted by atomic mass is 10.1. The normalized spacial score (nSPS) is 13.5. The highest BCUT2D eigenvalue weighted by Gasteiger charge is 2.27. The van der Waals surface area contributed by atoms with Gasteiger partial charge < -0.3 is 14.4 Å². The minimum absolute atomic E-state index is 0.0990. The van der Waals surface area contributed by atoms with Gasteiger partial charge in [0.15, 0.2) is 5.13 Å². The summed E-state index contributed by atoms with van der Waals surface area (Å²) in [5.74, 6) is 0.380. The van der Waals surface area contributed by atoms with Crippen molar-refractivity contribution in [3.63, 3.8) is 0 Å². The van der Waals surface area contributed by atoms with Crippen molar-refractivity contribution in [1.29, 1.82) is 0 Å². The fraction of sp³-hybridized carbons (Fsp3) is 0.259. The fourth-order valence-corrected chi connectivity index (χ4v) is 5.28. The highest BCUT2D eigenvalue weighted by atomic mass is 32.1. The maximum Gasteiger partial charge on any atom is 0.293 e. The summed E-state index contributed by atoms with van der Waals surface area (Å²) >= 11 is 1.38. The van der Waals surface area contributed by atoms with Crippen LogP contribution in [0.2, 0.25) is 0 Å². The number of rotatable bonds is 8. The number of morpholine rings is 1. The molecule has 0 aliphatic carbocycles. The Bertz CT molecular complexity index is 1420. The number of benzene rings is 3. The van der Waals surface area contributed by atoms with Crippen LogP contribution in [0, 0.1) is 10.1 Å². The summed E-state index contributed by atoms with van der Waals surface area (Å²) in [6.45, 7) is 4.88. The summed E-state index contributed by atoms with van der Waals surface area (Å²) in [5, 5.41) is 12.5. The number of anilines is 2. The topological polar surface area (TPSA) is 98.0 Å². The predicted octanol–water partition coefficient (Wildman–Crippen LogP) is 5.29. The van der Waals surface area contributed by atoms with Crippen molar-refractivity contribution in [2.75, 3.05) is 42.7 Å². The minimum Gasteiger partial charge on any atom is -0.494 e. The molecule has 1 amide bonds. The SMILES string of the molecule is CCOc1ccc2nc(N(Cc3ccccc3)C(=O)c3ccc(N4CCOCC4)c([N+](=O)[O-])c3)sc2c1. The van der Waals surface area contributed by atoms with E-state index in [0.29, 0.717) is 43.7 Å². The Morgan fingerprint density at radius 2 is 1.92 bits per heavy atom. The van der Waals surface area contributed by atoms with Crippen LogP contribution >= 0.6 is 11.3 Å². The molecule has 0 unspecified atom stereocenters. The number of nitrogens with zero attached hydrogens (tertiary/aromatic N) is 4. The van der Waals surface area contributed by atoms with Crippen molar-refractivity contribution in [3.8, 4) is 5.75 Å². The first kappa shape index (κ1) is 24.7. The first-order valence-electron chi connectivity index (χ1n) is 12.0. The van der Waals surface area contributed by atoms with E-state index in [-0.39, 0.29) is 23.7 Å². The molecule has 0 saturated carbocycles. The molecular weight excluding hydrogens is 492 g/mol. The third-order valence-corrected chi connectivity index (χ3v) is 7.13.